The Labute approximate surface area is 270 Å². The number of carbonyl (C=O) groups is 2. The van der Waals surface area contributed by atoms with Crippen LogP contribution in [0, 0.1) is 0 Å². The molecule has 1 fully saturated rings. The summed E-state index contributed by atoms with van der Waals surface area (Å²) in [5.41, 5.74) is 8.98. The molecule has 0 atom stereocenters. The van der Waals surface area contributed by atoms with Crippen LogP contribution in [0.2, 0.25) is 0 Å². The normalized spacial score (nSPS) is 13.9. The minimum Gasteiger partial charge on any atom is -0.361 e. The van der Waals surface area contributed by atoms with Gasteiger partial charge in [0.1, 0.15) is 0 Å². The van der Waals surface area contributed by atoms with Crippen molar-refractivity contribution in [2.24, 2.45) is 10.2 Å². The highest BCUT2D eigenvalue weighted by atomic mass is 32.1. The Kier molecular flexibility index (Phi) is 15.2. The average Bonchev–Trinajstić information content (AvgIpc) is 2.99. The van der Waals surface area contributed by atoms with Crippen LogP contribution in [0.5, 0.6) is 0 Å². The second-order valence-electron chi connectivity index (χ2n) is 10.2. The zero-order valence-corrected chi connectivity index (χ0v) is 26.9. The topological polar surface area (TPSA) is 138 Å². The van der Waals surface area contributed by atoms with Gasteiger partial charge in [-0.05, 0) is 85.8 Å². The summed E-state index contributed by atoms with van der Waals surface area (Å²) in [7, 11) is 0. The van der Waals surface area contributed by atoms with Crippen LogP contribution in [-0.4, -0.2) is 96.6 Å². The Morgan fingerprint density at radius 2 is 1.05 bits per heavy atom. The number of nitrogens with one attached hydrogen (secondary N) is 6. The second kappa shape index (κ2) is 19.3. The van der Waals surface area contributed by atoms with E-state index < -0.39 is 0 Å². The maximum absolute atomic E-state index is 11.1. The van der Waals surface area contributed by atoms with Gasteiger partial charge in [0, 0.05) is 64.5 Å². The molecule has 3 rings (SSSR count). The molecule has 0 aromatic heterocycles. The Morgan fingerprint density at radius 1 is 0.682 bits per heavy atom. The summed E-state index contributed by atoms with van der Waals surface area (Å²) >= 11 is 10.6. The fourth-order valence-electron chi connectivity index (χ4n) is 4.37. The lowest BCUT2D eigenvalue weighted by Crippen LogP contribution is -2.47. The predicted octanol–water partition coefficient (Wildman–Crippen LogP) is 2.30. The van der Waals surface area contributed by atoms with E-state index in [1.165, 1.54) is 13.8 Å². The van der Waals surface area contributed by atoms with E-state index in [1.54, 1.807) is 12.4 Å². The largest absolute Gasteiger partial charge is 0.361 e. The molecule has 6 N–H and O–H groups in total. The first-order valence-corrected chi connectivity index (χ1v) is 15.4. The van der Waals surface area contributed by atoms with E-state index >= 15 is 0 Å². The molecule has 0 radical (unpaired) electrons. The first kappa shape index (κ1) is 34.5. The van der Waals surface area contributed by atoms with Gasteiger partial charge in [0.25, 0.3) is 0 Å². The van der Waals surface area contributed by atoms with Crippen molar-refractivity contribution in [3.63, 3.8) is 0 Å². The fraction of sp³-hybridized carbons (Fsp3) is 0.400. The van der Waals surface area contributed by atoms with Gasteiger partial charge >= 0.3 is 0 Å². The van der Waals surface area contributed by atoms with Crippen LogP contribution >= 0.6 is 24.4 Å². The van der Waals surface area contributed by atoms with Crippen LogP contribution < -0.4 is 32.1 Å². The van der Waals surface area contributed by atoms with E-state index in [9.17, 15) is 9.59 Å². The molecule has 1 aliphatic rings. The Morgan fingerprint density at radius 3 is 1.39 bits per heavy atom. The van der Waals surface area contributed by atoms with Crippen LogP contribution in [0.25, 0.3) is 0 Å². The van der Waals surface area contributed by atoms with Crippen molar-refractivity contribution in [3.05, 3.63) is 59.7 Å². The lowest BCUT2D eigenvalue weighted by Gasteiger charge is -2.34. The molecule has 236 valence electrons. The van der Waals surface area contributed by atoms with E-state index in [4.69, 9.17) is 24.4 Å². The number of benzene rings is 2. The lowest BCUT2D eigenvalue weighted by molar-refractivity contribution is -0.115. The van der Waals surface area contributed by atoms with E-state index in [-0.39, 0.29) is 11.8 Å². The smallest absolute Gasteiger partial charge is 0.221 e. The molecular weight excluding hydrogens is 597 g/mol. The van der Waals surface area contributed by atoms with Gasteiger partial charge in [0.15, 0.2) is 10.2 Å². The van der Waals surface area contributed by atoms with Crippen LogP contribution in [0.1, 0.15) is 37.8 Å². The van der Waals surface area contributed by atoms with Crippen LogP contribution in [-0.2, 0) is 9.59 Å². The van der Waals surface area contributed by atoms with Crippen molar-refractivity contribution in [2.45, 2.75) is 26.7 Å². The lowest BCUT2D eigenvalue weighted by atomic mass is 10.2. The maximum atomic E-state index is 11.1. The number of hydrogen-bond donors (Lipinski definition) is 6. The maximum Gasteiger partial charge on any atom is 0.221 e. The Balaban J connectivity index is 1.17. The number of nitrogens with zero attached hydrogens (tertiary/aromatic N) is 4. The Bertz CT molecular complexity index is 1180. The van der Waals surface area contributed by atoms with Crippen LogP contribution in [0.4, 0.5) is 11.4 Å². The first-order valence-electron chi connectivity index (χ1n) is 14.6. The minimum absolute atomic E-state index is 0.101. The summed E-state index contributed by atoms with van der Waals surface area (Å²) in [6.45, 7) is 10.8. The van der Waals surface area contributed by atoms with Gasteiger partial charge in [-0.2, -0.15) is 10.2 Å². The molecule has 0 spiro atoms. The van der Waals surface area contributed by atoms with Gasteiger partial charge in [0.2, 0.25) is 11.8 Å². The average molecular weight is 639 g/mol. The molecule has 12 nitrogen and oxygen atoms in total. The van der Waals surface area contributed by atoms with Crippen molar-refractivity contribution < 1.29 is 9.59 Å². The molecule has 14 heteroatoms. The van der Waals surface area contributed by atoms with E-state index in [1.807, 2.05) is 48.5 Å². The SMILES string of the molecule is CC(=O)Nc1ccc(/C=N\NC(=S)NCCCN2CCN(CCCNC(=S)N/N=C/c3ccc(NC(C)=O)cc3)CC2)cc1. The number of amides is 2. The quantitative estimate of drug-likeness (QED) is 0.0792. The first-order chi connectivity index (χ1) is 21.3. The summed E-state index contributed by atoms with van der Waals surface area (Å²) in [6.07, 6.45) is 5.35. The molecule has 44 heavy (non-hydrogen) atoms. The van der Waals surface area contributed by atoms with Gasteiger partial charge in [-0.3, -0.25) is 20.4 Å². The third-order valence-corrected chi connectivity index (χ3v) is 7.03. The number of carbonyl (C=O) groups excluding carboxylic acids is 2. The molecule has 0 bridgehead atoms. The highest BCUT2D eigenvalue weighted by Gasteiger charge is 2.15. The standard InChI is InChI=1S/C30H42N10O2S2/c1-23(41)35-27-9-5-25(6-10-27)21-33-37-29(43)31-13-3-15-39-17-19-40(20-18-39)16-4-14-32-30(44)38-34-22-26-7-11-28(12-8-26)36-24(2)42/h5-12,21-22H,3-4,13-20H2,1-2H3,(H,35,41)(H,36,42)(H2,31,37,43)(H2,32,38,44)/b33-21-,34-22+. The van der Waals surface area contributed by atoms with Crippen molar-refractivity contribution in [2.75, 3.05) is 63.0 Å². The van der Waals surface area contributed by atoms with Gasteiger partial charge in [-0.1, -0.05) is 24.3 Å². The molecule has 2 aromatic rings. The van der Waals surface area contributed by atoms with Crippen molar-refractivity contribution >= 4 is 70.3 Å². The number of hydrazone groups is 2. The summed E-state index contributed by atoms with van der Waals surface area (Å²) in [6, 6.07) is 14.8. The second-order valence-corrected chi connectivity index (χ2v) is 11.1. The molecular formula is C30H42N10O2S2. The molecule has 2 amide bonds. The molecule has 0 aliphatic carbocycles. The Hall–Kier alpha value is -3.98. The number of hydrogen-bond acceptors (Lipinski definition) is 8. The molecule has 2 aromatic carbocycles. The molecule has 1 aliphatic heterocycles. The monoisotopic (exact) mass is 638 g/mol. The summed E-state index contributed by atoms with van der Waals surface area (Å²) in [5.74, 6) is -0.202. The van der Waals surface area contributed by atoms with Gasteiger partial charge in [0.05, 0.1) is 12.4 Å². The predicted molar refractivity (Wildman–Crippen MR) is 186 cm³/mol. The number of piperazine rings is 1. The van der Waals surface area contributed by atoms with E-state index in [0.29, 0.717) is 10.2 Å². The molecule has 1 heterocycles. The van der Waals surface area contributed by atoms with Gasteiger partial charge in [-0.25, -0.2) is 0 Å². The van der Waals surface area contributed by atoms with Crippen molar-refractivity contribution in [3.8, 4) is 0 Å². The minimum atomic E-state index is -0.101. The summed E-state index contributed by atoms with van der Waals surface area (Å²) in [4.78, 5) is 27.2. The zero-order chi connectivity index (χ0) is 31.6. The zero-order valence-electron chi connectivity index (χ0n) is 25.3. The van der Waals surface area contributed by atoms with E-state index in [0.717, 1.165) is 87.7 Å². The molecule has 0 saturated carbocycles. The van der Waals surface area contributed by atoms with Crippen LogP contribution in [0.15, 0.2) is 58.7 Å². The summed E-state index contributed by atoms with van der Waals surface area (Å²) in [5, 5.41) is 21.2. The van der Waals surface area contributed by atoms with Crippen molar-refractivity contribution in [1.82, 2.24) is 31.3 Å². The number of anilines is 2. The highest BCUT2D eigenvalue weighted by molar-refractivity contribution is 7.80. The highest BCUT2D eigenvalue weighted by Crippen LogP contribution is 2.09. The molecule has 0 unspecified atom stereocenters. The van der Waals surface area contributed by atoms with Gasteiger partial charge < -0.3 is 31.1 Å². The number of thiocarbonyl (C=S) groups is 2. The van der Waals surface area contributed by atoms with Crippen LogP contribution in [0.3, 0.4) is 0 Å². The fourth-order valence-corrected chi connectivity index (χ4v) is 4.68. The molecule has 1 saturated heterocycles. The van der Waals surface area contributed by atoms with Gasteiger partial charge in [-0.15, -0.1) is 0 Å². The van der Waals surface area contributed by atoms with Crippen molar-refractivity contribution in [1.29, 1.82) is 0 Å². The summed E-state index contributed by atoms with van der Waals surface area (Å²) < 4.78 is 0. The number of rotatable bonds is 14. The third-order valence-electron chi connectivity index (χ3n) is 6.56. The third kappa shape index (κ3) is 14.5. The van der Waals surface area contributed by atoms with E-state index in [2.05, 4.69) is 52.1 Å².